The lowest BCUT2D eigenvalue weighted by molar-refractivity contribution is -0.136. The number of amides is 4. The lowest BCUT2D eigenvalue weighted by Gasteiger charge is -2.36. The molecule has 2 fully saturated rings. The smallest absolute Gasteiger partial charge is 0.324 e. The summed E-state index contributed by atoms with van der Waals surface area (Å²) in [5.74, 6) is -0.572. The van der Waals surface area contributed by atoms with E-state index in [4.69, 9.17) is 0 Å². The fourth-order valence-electron chi connectivity index (χ4n) is 4.31. The van der Waals surface area contributed by atoms with Crippen LogP contribution in [0.1, 0.15) is 32.6 Å². The third-order valence-corrected chi connectivity index (χ3v) is 5.87. The fraction of sp³-hybridized carbons (Fsp3) is 0.381. The van der Waals surface area contributed by atoms with E-state index in [0.29, 0.717) is 12.1 Å². The Morgan fingerprint density at radius 3 is 2.78 bits per heavy atom. The molecule has 1 heterocycles. The van der Waals surface area contributed by atoms with Crippen LogP contribution in [-0.4, -0.2) is 34.8 Å². The number of hydrogen-bond donors (Lipinski definition) is 2. The van der Waals surface area contributed by atoms with E-state index in [9.17, 15) is 14.4 Å². The third kappa shape index (κ3) is 2.95. The van der Waals surface area contributed by atoms with E-state index >= 15 is 0 Å². The molecule has 2 atom stereocenters. The topological polar surface area (TPSA) is 78.5 Å². The van der Waals surface area contributed by atoms with Gasteiger partial charge in [0.2, 0.25) is 5.91 Å². The van der Waals surface area contributed by atoms with Gasteiger partial charge in [-0.25, -0.2) is 4.79 Å². The highest BCUT2D eigenvalue weighted by Gasteiger charge is 2.55. The Bertz CT molecular complexity index is 921. The van der Waals surface area contributed by atoms with Crippen molar-refractivity contribution >= 4 is 34.3 Å². The molecule has 1 spiro atoms. The second kappa shape index (κ2) is 6.68. The molecule has 2 aromatic carbocycles. The minimum Gasteiger partial charge on any atom is -0.324 e. The SMILES string of the molecule is C[C@@H]1CCCC[C@]12NC(=O)N(CC(=O)Nc1cccc3ccccc13)C2=O. The van der Waals surface area contributed by atoms with E-state index in [2.05, 4.69) is 10.6 Å². The van der Waals surface area contributed by atoms with Crippen molar-refractivity contribution in [2.75, 3.05) is 11.9 Å². The van der Waals surface area contributed by atoms with Crippen molar-refractivity contribution in [3.8, 4) is 0 Å². The highest BCUT2D eigenvalue weighted by atomic mass is 16.2. The lowest BCUT2D eigenvalue weighted by Crippen LogP contribution is -2.54. The molecular weight excluding hydrogens is 342 g/mol. The highest BCUT2D eigenvalue weighted by Crippen LogP contribution is 2.38. The van der Waals surface area contributed by atoms with Crippen molar-refractivity contribution in [2.24, 2.45) is 5.92 Å². The first-order valence-corrected chi connectivity index (χ1v) is 9.43. The Labute approximate surface area is 157 Å². The Balaban J connectivity index is 1.51. The van der Waals surface area contributed by atoms with Crippen molar-refractivity contribution in [3.63, 3.8) is 0 Å². The number of nitrogens with zero attached hydrogens (tertiary/aromatic N) is 1. The summed E-state index contributed by atoms with van der Waals surface area (Å²) in [6, 6.07) is 12.9. The fourth-order valence-corrected chi connectivity index (χ4v) is 4.31. The molecule has 0 bridgehead atoms. The van der Waals surface area contributed by atoms with Gasteiger partial charge in [0.05, 0.1) is 0 Å². The molecule has 1 aliphatic heterocycles. The van der Waals surface area contributed by atoms with Gasteiger partial charge in [-0.15, -0.1) is 0 Å². The van der Waals surface area contributed by atoms with Crippen LogP contribution in [0.25, 0.3) is 10.8 Å². The van der Waals surface area contributed by atoms with E-state index in [1.54, 1.807) is 0 Å². The summed E-state index contributed by atoms with van der Waals surface area (Å²) >= 11 is 0. The van der Waals surface area contributed by atoms with Gasteiger partial charge in [-0.3, -0.25) is 14.5 Å². The second-order valence-corrected chi connectivity index (χ2v) is 7.51. The van der Waals surface area contributed by atoms with Crippen LogP contribution in [-0.2, 0) is 9.59 Å². The van der Waals surface area contributed by atoms with Crippen LogP contribution in [0, 0.1) is 5.92 Å². The van der Waals surface area contributed by atoms with Gasteiger partial charge in [0.15, 0.2) is 0 Å². The molecule has 2 aromatic rings. The van der Waals surface area contributed by atoms with Crippen molar-refractivity contribution < 1.29 is 14.4 Å². The summed E-state index contributed by atoms with van der Waals surface area (Å²) in [6.07, 6.45) is 3.52. The van der Waals surface area contributed by atoms with Crippen LogP contribution in [0.15, 0.2) is 42.5 Å². The van der Waals surface area contributed by atoms with E-state index < -0.39 is 11.6 Å². The van der Waals surface area contributed by atoms with E-state index in [-0.39, 0.29) is 24.3 Å². The van der Waals surface area contributed by atoms with Crippen molar-refractivity contribution in [3.05, 3.63) is 42.5 Å². The molecule has 0 aromatic heterocycles. The maximum Gasteiger partial charge on any atom is 0.325 e. The molecule has 4 rings (SSSR count). The van der Waals surface area contributed by atoms with Crippen molar-refractivity contribution in [2.45, 2.75) is 38.1 Å². The molecular formula is C21H23N3O3. The maximum atomic E-state index is 13.0. The zero-order chi connectivity index (χ0) is 19.0. The van der Waals surface area contributed by atoms with Gasteiger partial charge >= 0.3 is 6.03 Å². The quantitative estimate of drug-likeness (QED) is 0.820. The molecule has 2 aliphatic rings. The number of carbonyl (C=O) groups is 3. The molecule has 1 saturated carbocycles. The number of hydrogen-bond acceptors (Lipinski definition) is 3. The summed E-state index contributed by atoms with van der Waals surface area (Å²) in [6.45, 7) is 1.72. The molecule has 1 aliphatic carbocycles. The van der Waals surface area contributed by atoms with Gasteiger partial charge in [-0.2, -0.15) is 0 Å². The first kappa shape index (κ1) is 17.5. The van der Waals surface area contributed by atoms with Crippen LogP contribution in [0.4, 0.5) is 10.5 Å². The van der Waals surface area contributed by atoms with Crippen LogP contribution in [0.5, 0.6) is 0 Å². The van der Waals surface area contributed by atoms with E-state index in [0.717, 1.165) is 34.9 Å². The number of rotatable bonds is 3. The van der Waals surface area contributed by atoms with Gasteiger partial charge in [0.1, 0.15) is 12.1 Å². The van der Waals surface area contributed by atoms with Gasteiger partial charge in [0, 0.05) is 11.1 Å². The summed E-state index contributed by atoms with van der Waals surface area (Å²) < 4.78 is 0. The predicted molar refractivity (Wildman–Crippen MR) is 103 cm³/mol. The van der Waals surface area contributed by atoms with Crippen molar-refractivity contribution in [1.29, 1.82) is 0 Å². The monoisotopic (exact) mass is 365 g/mol. The number of carbonyl (C=O) groups excluding carboxylic acids is 3. The van der Waals surface area contributed by atoms with E-state index in [1.165, 1.54) is 0 Å². The first-order chi connectivity index (χ1) is 13.0. The summed E-state index contributed by atoms with van der Waals surface area (Å²) in [7, 11) is 0. The van der Waals surface area contributed by atoms with Gasteiger partial charge in [0.25, 0.3) is 5.91 Å². The van der Waals surface area contributed by atoms with Crippen LogP contribution in [0.2, 0.25) is 0 Å². The van der Waals surface area contributed by atoms with Crippen molar-refractivity contribution in [1.82, 2.24) is 10.2 Å². The zero-order valence-corrected chi connectivity index (χ0v) is 15.3. The summed E-state index contributed by atoms with van der Waals surface area (Å²) in [5, 5.41) is 7.65. The number of benzene rings is 2. The number of urea groups is 1. The Kier molecular flexibility index (Phi) is 4.34. The standard InChI is InChI=1S/C21H23N3O3/c1-14-7-4-5-12-21(14)19(26)24(20(27)23-21)13-18(25)22-17-11-6-9-15-8-2-3-10-16(15)17/h2-3,6,8-11,14H,4-5,7,12-13H2,1H3,(H,22,25)(H,23,27)/t14-,21+/m1/s1. The average Bonchev–Trinajstić information content (AvgIpc) is 2.89. The highest BCUT2D eigenvalue weighted by molar-refractivity contribution is 6.11. The minimum atomic E-state index is -0.838. The number of anilines is 1. The first-order valence-electron chi connectivity index (χ1n) is 9.43. The third-order valence-electron chi connectivity index (χ3n) is 5.87. The predicted octanol–water partition coefficient (Wildman–Crippen LogP) is 3.28. The van der Waals surface area contributed by atoms with Crippen LogP contribution >= 0.6 is 0 Å². The number of imide groups is 1. The number of fused-ring (bicyclic) bond motifs is 1. The zero-order valence-electron chi connectivity index (χ0n) is 15.3. The van der Waals surface area contributed by atoms with Crippen LogP contribution < -0.4 is 10.6 Å². The molecule has 4 amide bonds. The molecule has 27 heavy (non-hydrogen) atoms. The van der Waals surface area contributed by atoms with Crippen LogP contribution in [0.3, 0.4) is 0 Å². The molecule has 1 saturated heterocycles. The molecule has 0 unspecified atom stereocenters. The molecule has 140 valence electrons. The Morgan fingerprint density at radius 2 is 1.96 bits per heavy atom. The van der Waals surface area contributed by atoms with Gasteiger partial charge < -0.3 is 10.6 Å². The largest absolute Gasteiger partial charge is 0.325 e. The second-order valence-electron chi connectivity index (χ2n) is 7.51. The summed E-state index contributed by atoms with van der Waals surface area (Å²) in [4.78, 5) is 39.0. The maximum absolute atomic E-state index is 13.0. The Hall–Kier alpha value is -2.89. The Morgan fingerprint density at radius 1 is 1.19 bits per heavy atom. The summed E-state index contributed by atoms with van der Waals surface area (Å²) in [5.41, 5.74) is -0.166. The number of nitrogens with one attached hydrogen (secondary N) is 2. The van der Waals surface area contributed by atoms with Gasteiger partial charge in [-0.1, -0.05) is 56.2 Å². The normalized spacial score (nSPS) is 25.1. The minimum absolute atomic E-state index is 0.0776. The molecule has 6 nitrogen and oxygen atoms in total. The molecule has 6 heteroatoms. The van der Waals surface area contributed by atoms with E-state index in [1.807, 2.05) is 49.4 Å². The van der Waals surface area contributed by atoms with Gasteiger partial charge in [-0.05, 0) is 30.2 Å². The molecule has 2 N–H and O–H groups in total. The molecule has 0 radical (unpaired) electrons. The average molecular weight is 365 g/mol. The lowest BCUT2D eigenvalue weighted by atomic mass is 9.73.